The van der Waals surface area contributed by atoms with Gasteiger partial charge in [-0.2, -0.15) is 0 Å². The molecule has 6 atom stereocenters. The van der Waals surface area contributed by atoms with Crippen LogP contribution in [0.1, 0.15) is 55.6 Å². The van der Waals surface area contributed by atoms with E-state index in [1.165, 1.54) is 0 Å². The molecule has 1 aliphatic rings. The minimum Gasteiger partial charge on any atom is -0.368 e. The fourth-order valence-electron chi connectivity index (χ4n) is 10.4. The molecule has 520 valence electrons. The third kappa shape index (κ3) is 23.5. The number of phosphoric acid groups is 3. The van der Waals surface area contributed by atoms with Gasteiger partial charge in [0, 0.05) is 0 Å². The topological polar surface area (TPSA) is 190 Å². The molecular weight excluding hydrogens is 1370 g/mol. The smallest absolute Gasteiger partial charge is 0.368 e. The lowest BCUT2D eigenvalue weighted by atomic mass is 9.84. The van der Waals surface area contributed by atoms with Crippen LogP contribution in [-0.2, 0) is 160 Å². The zero-order chi connectivity index (χ0) is 69.0. The van der Waals surface area contributed by atoms with E-state index in [2.05, 4.69) is 0 Å². The lowest BCUT2D eigenvalue weighted by Gasteiger charge is -2.50. The molecule has 100 heavy (non-hydrogen) atoms. The maximum Gasteiger partial charge on any atom is 0.475 e. The van der Waals surface area contributed by atoms with Gasteiger partial charge in [0.05, 0.1) is 66.1 Å². The Hall–Kier alpha value is -7.06. The molecule has 0 radical (unpaired) electrons. The van der Waals surface area contributed by atoms with Gasteiger partial charge in [-0.15, -0.1) is 0 Å². The molecule has 0 aromatic heterocycles. The molecule has 0 N–H and O–H groups in total. The first-order valence-corrected chi connectivity index (χ1v) is 39.4. The number of phosphoric ester groups is 3. The minimum absolute atomic E-state index is 0.0258. The van der Waals surface area contributed by atoms with Crippen LogP contribution in [0.25, 0.3) is 0 Å². The average molecular weight is 1450 g/mol. The lowest BCUT2D eigenvalue weighted by molar-refractivity contribution is -0.253. The summed E-state index contributed by atoms with van der Waals surface area (Å²) in [6.07, 6.45) is -11.4. The summed E-state index contributed by atoms with van der Waals surface area (Å²) in [7, 11) is -15.4. The molecule has 0 unspecified atom stereocenters. The molecule has 11 rings (SSSR count). The first kappa shape index (κ1) is 74.1. The van der Waals surface area contributed by atoms with Crippen LogP contribution in [0.3, 0.4) is 0 Å². The summed E-state index contributed by atoms with van der Waals surface area (Å²) in [5.74, 6) is 0. The van der Waals surface area contributed by atoms with E-state index in [9.17, 15) is 0 Å². The lowest BCUT2D eigenvalue weighted by Crippen LogP contribution is -2.67. The Labute approximate surface area is 589 Å². The minimum atomic E-state index is -5.15. The number of benzene rings is 10. The van der Waals surface area contributed by atoms with E-state index in [0.29, 0.717) is 50.1 Å². The highest BCUT2D eigenvalue weighted by Gasteiger charge is 2.62. The molecule has 23 heteroatoms. The van der Waals surface area contributed by atoms with Gasteiger partial charge in [-0.1, -0.05) is 303 Å². The standard InChI is InChI=1S/C77H78O18P4S/c78-96(84-53-64-35-15-3-16-36-64,85-54-65-37-17-4-18-38-65)92-74-72(82-52-63-33-13-2-14-34-63)75(93-97(79,86-55-66-39-19-5-20-40-66)87-56-67-41-21-6-22-42-67)77(94-98(80,88-57-68-43-23-7-24-44-68)89-58-69-45-25-8-26-46-69)76(73(74)83-61-81-51-62-31-11-1-12-32-62)95-99(100,90-59-70-47-27-9-28-48-70)91-60-71-49-29-10-30-50-71/h1-50,72-77H,51-61H2/t72-,73-,74-,75+,76-,77-/m0/s1. The van der Waals surface area contributed by atoms with Crippen molar-refractivity contribution >= 4 is 42.0 Å². The van der Waals surface area contributed by atoms with Crippen molar-refractivity contribution in [2.75, 3.05) is 6.79 Å². The Morgan fingerprint density at radius 2 is 0.410 bits per heavy atom. The third-order valence-corrected chi connectivity index (χ3v) is 22.0. The highest BCUT2D eigenvalue weighted by molar-refractivity contribution is 8.07. The Bertz CT molecular complexity index is 3990. The molecule has 0 heterocycles. The van der Waals surface area contributed by atoms with Crippen molar-refractivity contribution in [3.8, 4) is 0 Å². The summed E-state index contributed by atoms with van der Waals surface area (Å²) >= 11 is 6.63. The monoisotopic (exact) mass is 1450 g/mol. The van der Waals surface area contributed by atoms with E-state index in [0.717, 1.165) is 5.56 Å². The van der Waals surface area contributed by atoms with E-state index in [1.54, 1.807) is 146 Å². The van der Waals surface area contributed by atoms with Crippen molar-refractivity contribution in [2.45, 2.75) is 103 Å². The molecule has 0 saturated heterocycles. The quantitative estimate of drug-likeness (QED) is 0.0200. The van der Waals surface area contributed by atoms with Crippen LogP contribution in [0.5, 0.6) is 0 Å². The SMILES string of the molecule is O=P(OCc1ccccc1)(OCc1ccccc1)O[C@H]1[C@H](OCc2ccccc2)[C@@H](OP(=O)(OCc2ccccc2)OCc2ccccc2)[C@H](OP(=O)(OCc2ccccc2)OCc2ccccc2)[C@@H](OP(=S)(OCc2ccccc2)OCc2ccccc2)[C@H]1OCOCc1ccccc1. The Morgan fingerprint density at radius 1 is 0.220 bits per heavy atom. The molecule has 1 saturated carbocycles. The molecule has 0 amide bonds. The molecule has 10 aromatic carbocycles. The van der Waals surface area contributed by atoms with Crippen molar-refractivity contribution in [3.63, 3.8) is 0 Å². The van der Waals surface area contributed by atoms with Gasteiger partial charge in [0.25, 0.3) is 0 Å². The number of ether oxygens (including phenoxy) is 3. The van der Waals surface area contributed by atoms with Crippen LogP contribution in [0, 0.1) is 0 Å². The molecule has 18 nitrogen and oxygen atoms in total. The highest BCUT2D eigenvalue weighted by Crippen LogP contribution is 2.63. The van der Waals surface area contributed by atoms with Crippen molar-refractivity contribution in [3.05, 3.63) is 359 Å². The molecule has 0 aliphatic heterocycles. The number of rotatable bonds is 40. The van der Waals surface area contributed by atoms with Crippen molar-refractivity contribution in [1.82, 2.24) is 0 Å². The number of hydrogen-bond acceptors (Lipinski definition) is 19. The van der Waals surface area contributed by atoms with Gasteiger partial charge in [0.15, 0.2) is 0 Å². The van der Waals surface area contributed by atoms with E-state index < -0.39 is 73.6 Å². The molecular formula is C77H78O18P4S. The third-order valence-electron chi connectivity index (χ3n) is 15.5. The van der Waals surface area contributed by atoms with Crippen molar-refractivity contribution in [2.24, 2.45) is 0 Å². The van der Waals surface area contributed by atoms with Crippen molar-refractivity contribution in [1.29, 1.82) is 0 Å². The fraction of sp³-hybridized carbons (Fsp3) is 0.221. The molecule has 1 fully saturated rings. The molecule has 0 spiro atoms. The van der Waals surface area contributed by atoms with Crippen LogP contribution in [-0.4, -0.2) is 43.4 Å². The first-order valence-electron chi connectivity index (χ1n) is 32.4. The fourth-order valence-corrected chi connectivity index (χ4v) is 16.4. The van der Waals surface area contributed by atoms with E-state index in [1.807, 2.05) is 158 Å². The second kappa shape index (κ2) is 38.3. The molecule has 0 bridgehead atoms. The second-order valence-corrected chi connectivity index (χ2v) is 30.8. The summed E-state index contributed by atoms with van der Waals surface area (Å²) in [6.45, 7) is -7.43. The predicted octanol–water partition coefficient (Wildman–Crippen LogP) is 19.0. The molecule has 1 aliphatic carbocycles. The van der Waals surface area contributed by atoms with Crippen LogP contribution in [0.15, 0.2) is 303 Å². The summed E-state index contributed by atoms with van der Waals surface area (Å²) in [5, 5.41) is 0. The number of hydrogen-bond donors (Lipinski definition) is 0. The van der Waals surface area contributed by atoms with Gasteiger partial charge >= 0.3 is 30.2 Å². The van der Waals surface area contributed by atoms with Gasteiger partial charge < -0.3 is 23.3 Å². The van der Waals surface area contributed by atoms with Crippen LogP contribution in [0.4, 0.5) is 0 Å². The van der Waals surface area contributed by atoms with Crippen molar-refractivity contribution < 1.29 is 82.2 Å². The zero-order valence-electron chi connectivity index (χ0n) is 54.7. The van der Waals surface area contributed by atoms with Crippen LogP contribution < -0.4 is 0 Å². The zero-order valence-corrected chi connectivity index (χ0v) is 59.0. The normalized spacial score (nSPS) is 17.4. The van der Waals surface area contributed by atoms with Gasteiger partial charge in [0.2, 0.25) is 0 Å². The summed E-state index contributed by atoms with van der Waals surface area (Å²) in [6, 6.07) is 91.0. The Morgan fingerprint density at radius 3 is 0.670 bits per heavy atom. The van der Waals surface area contributed by atoms with E-state index in [-0.39, 0.29) is 66.1 Å². The molecule has 10 aromatic rings. The largest absolute Gasteiger partial charge is 0.475 e. The van der Waals surface area contributed by atoms with E-state index in [4.69, 9.17) is 80.3 Å². The average Bonchev–Trinajstić information content (AvgIpc) is 0.742. The maximum atomic E-state index is 16.6. The maximum absolute atomic E-state index is 16.6. The summed E-state index contributed by atoms with van der Waals surface area (Å²) in [5.41, 5.74) is 6.33. The summed E-state index contributed by atoms with van der Waals surface area (Å²) < 4.78 is 152. The Balaban J connectivity index is 1.14. The van der Waals surface area contributed by atoms with Gasteiger partial charge in [-0.3, -0.25) is 45.2 Å². The van der Waals surface area contributed by atoms with Crippen LogP contribution >= 0.6 is 30.2 Å². The summed E-state index contributed by atoms with van der Waals surface area (Å²) in [4.78, 5) is 0. The predicted molar refractivity (Wildman–Crippen MR) is 382 cm³/mol. The second-order valence-electron chi connectivity index (χ2n) is 23.0. The first-order chi connectivity index (χ1) is 48.9. The van der Waals surface area contributed by atoms with Gasteiger partial charge in [-0.05, 0) is 67.4 Å². The van der Waals surface area contributed by atoms with Gasteiger partial charge in [-0.25, -0.2) is 13.7 Å². The highest BCUT2D eigenvalue weighted by atomic mass is 32.5. The van der Waals surface area contributed by atoms with Crippen LogP contribution in [0.2, 0.25) is 0 Å². The van der Waals surface area contributed by atoms with E-state index >= 15 is 13.7 Å². The van der Waals surface area contributed by atoms with Gasteiger partial charge in [0.1, 0.15) is 43.4 Å². The Kier molecular flexibility index (Phi) is 28.4.